The number of carbonyl (C=O) groups excluding carboxylic acids is 2. The van der Waals surface area contributed by atoms with Gasteiger partial charge in [0.15, 0.2) is 0 Å². The van der Waals surface area contributed by atoms with Crippen LogP contribution < -0.4 is 9.47 Å². The molecular formula is C17H16O4. The van der Waals surface area contributed by atoms with E-state index in [0.29, 0.717) is 5.75 Å². The molecule has 4 heteroatoms. The topological polar surface area (TPSA) is 52.6 Å². The lowest BCUT2D eigenvalue weighted by Crippen LogP contribution is -2.12. The number of rotatable bonds is 3. The maximum absolute atomic E-state index is 12.2. The standard InChI is InChI=1S/C17H16O4/c1-11-8-12(2)10-14(9-11)21-17(19)15-6-4-5-7-16(15)20-13(3)18/h4-10H,1-3H3. The van der Waals surface area contributed by atoms with Crippen molar-refractivity contribution in [1.29, 1.82) is 0 Å². The Labute approximate surface area is 123 Å². The summed E-state index contributed by atoms with van der Waals surface area (Å²) in [4.78, 5) is 23.3. The van der Waals surface area contributed by atoms with Gasteiger partial charge in [-0.1, -0.05) is 18.2 Å². The number of para-hydroxylation sites is 1. The van der Waals surface area contributed by atoms with Gasteiger partial charge in [-0.3, -0.25) is 4.79 Å². The van der Waals surface area contributed by atoms with Gasteiger partial charge < -0.3 is 9.47 Å². The van der Waals surface area contributed by atoms with Gasteiger partial charge in [0.2, 0.25) is 0 Å². The van der Waals surface area contributed by atoms with E-state index < -0.39 is 11.9 Å². The van der Waals surface area contributed by atoms with Crippen molar-refractivity contribution in [3.05, 3.63) is 59.2 Å². The van der Waals surface area contributed by atoms with Crippen LogP contribution in [0.5, 0.6) is 11.5 Å². The van der Waals surface area contributed by atoms with Crippen molar-refractivity contribution >= 4 is 11.9 Å². The minimum Gasteiger partial charge on any atom is -0.426 e. The Morgan fingerprint density at radius 1 is 0.905 bits per heavy atom. The van der Waals surface area contributed by atoms with Crippen LogP contribution in [-0.4, -0.2) is 11.9 Å². The zero-order chi connectivity index (χ0) is 15.4. The summed E-state index contributed by atoms with van der Waals surface area (Å²) in [6.45, 7) is 5.14. The van der Waals surface area contributed by atoms with Crippen LogP contribution in [0, 0.1) is 13.8 Å². The van der Waals surface area contributed by atoms with E-state index in [4.69, 9.17) is 9.47 Å². The molecule has 0 fully saturated rings. The molecule has 0 aliphatic carbocycles. The number of ether oxygens (including phenoxy) is 2. The van der Waals surface area contributed by atoms with Crippen LogP contribution in [0.25, 0.3) is 0 Å². The van der Waals surface area contributed by atoms with Crippen LogP contribution >= 0.6 is 0 Å². The molecule has 4 nitrogen and oxygen atoms in total. The van der Waals surface area contributed by atoms with Gasteiger partial charge in [0.05, 0.1) is 0 Å². The third-order valence-corrected chi connectivity index (χ3v) is 2.77. The largest absolute Gasteiger partial charge is 0.426 e. The number of esters is 2. The maximum atomic E-state index is 12.2. The highest BCUT2D eigenvalue weighted by Crippen LogP contribution is 2.22. The van der Waals surface area contributed by atoms with Crippen molar-refractivity contribution in [2.75, 3.05) is 0 Å². The minimum absolute atomic E-state index is 0.194. The number of carbonyl (C=O) groups is 2. The third kappa shape index (κ3) is 3.92. The molecule has 0 unspecified atom stereocenters. The second-order valence-corrected chi connectivity index (χ2v) is 4.80. The molecule has 0 atom stereocenters. The predicted octanol–water partition coefficient (Wildman–Crippen LogP) is 3.45. The van der Waals surface area contributed by atoms with Crippen molar-refractivity contribution in [1.82, 2.24) is 0 Å². The van der Waals surface area contributed by atoms with E-state index in [0.717, 1.165) is 11.1 Å². The zero-order valence-corrected chi connectivity index (χ0v) is 12.2. The van der Waals surface area contributed by atoms with Crippen molar-refractivity contribution in [2.45, 2.75) is 20.8 Å². The summed E-state index contributed by atoms with van der Waals surface area (Å²) in [7, 11) is 0. The van der Waals surface area contributed by atoms with Crippen molar-refractivity contribution in [3.63, 3.8) is 0 Å². The first-order chi connectivity index (χ1) is 9.95. The van der Waals surface area contributed by atoms with Crippen molar-refractivity contribution < 1.29 is 19.1 Å². The fourth-order valence-electron chi connectivity index (χ4n) is 2.03. The second kappa shape index (κ2) is 6.22. The average molecular weight is 284 g/mol. The van der Waals surface area contributed by atoms with Crippen LogP contribution in [-0.2, 0) is 4.79 Å². The first-order valence-electron chi connectivity index (χ1n) is 6.53. The van der Waals surface area contributed by atoms with Crippen molar-refractivity contribution in [3.8, 4) is 11.5 Å². The van der Waals surface area contributed by atoms with E-state index in [2.05, 4.69) is 0 Å². The van der Waals surface area contributed by atoms with Gasteiger partial charge in [-0.2, -0.15) is 0 Å². The first kappa shape index (κ1) is 14.8. The smallest absolute Gasteiger partial charge is 0.347 e. The molecule has 2 aromatic carbocycles. The normalized spacial score (nSPS) is 10.0. The zero-order valence-electron chi connectivity index (χ0n) is 12.2. The summed E-state index contributed by atoms with van der Waals surface area (Å²) in [5.41, 5.74) is 2.23. The van der Waals surface area contributed by atoms with E-state index >= 15 is 0 Å². The molecule has 0 saturated carbocycles. The molecule has 0 radical (unpaired) electrons. The van der Waals surface area contributed by atoms with Crippen molar-refractivity contribution in [2.24, 2.45) is 0 Å². The lowest BCUT2D eigenvalue weighted by molar-refractivity contribution is -0.131. The Morgan fingerprint density at radius 2 is 1.52 bits per heavy atom. The fraction of sp³-hybridized carbons (Fsp3) is 0.176. The second-order valence-electron chi connectivity index (χ2n) is 4.80. The third-order valence-electron chi connectivity index (χ3n) is 2.77. The van der Waals surface area contributed by atoms with Crippen LogP contribution in [0.1, 0.15) is 28.4 Å². The number of hydrogen-bond donors (Lipinski definition) is 0. The van der Waals surface area contributed by atoms with Crippen LogP contribution in [0.2, 0.25) is 0 Å². The molecule has 2 rings (SSSR count). The van der Waals surface area contributed by atoms with Crippen LogP contribution in [0.15, 0.2) is 42.5 Å². The maximum Gasteiger partial charge on any atom is 0.347 e. The summed E-state index contributed by atoms with van der Waals surface area (Å²) in [6.07, 6.45) is 0. The molecule has 0 spiro atoms. The SMILES string of the molecule is CC(=O)Oc1ccccc1C(=O)Oc1cc(C)cc(C)c1. The highest BCUT2D eigenvalue weighted by molar-refractivity contribution is 5.94. The molecule has 108 valence electrons. The van der Waals surface area contributed by atoms with Gasteiger partial charge >= 0.3 is 11.9 Å². The minimum atomic E-state index is -0.558. The highest BCUT2D eigenvalue weighted by Gasteiger charge is 2.16. The molecule has 0 aliphatic rings. The first-order valence-corrected chi connectivity index (χ1v) is 6.53. The van der Waals surface area contributed by atoms with Crippen LogP contribution in [0.4, 0.5) is 0 Å². The Morgan fingerprint density at radius 3 is 2.14 bits per heavy atom. The lowest BCUT2D eigenvalue weighted by Gasteiger charge is -2.09. The molecule has 0 heterocycles. The monoisotopic (exact) mass is 284 g/mol. The van der Waals surface area contributed by atoms with Gasteiger partial charge in [-0.25, -0.2) is 4.79 Å². The van der Waals surface area contributed by atoms with E-state index in [1.54, 1.807) is 36.4 Å². The summed E-state index contributed by atoms with van der Waals surface area (Å²) in [5, 5.41) is 0. The van der Waals surface area contributed by atoms with E-state index in [-0.39, 0.29) is 11.3 Å². The van der Waals surface area contributed by atoms with Gasteiger partial charge in [-0.15, -0.1) is 0 Å². The number of hydrogen-bond acceptors (Lipinski definition) is 4. The number of benzene rings is 2. The lowest BCUT2D eigenvalue weighted by atomic mass is 10.1. The summed E-state index contributed by atoms with van der Waals surface area (Å²) < 4.78 is 10.4. The van der Waals surface area contributed by atoms with Gasteiger partial charge in [0, 0.05) is 6.92 Å². The van der Waals surface area contributed by atoms with E-state index in [1.807, 2.05) is 19.9 Å². The summed E-state index contributed by atoms with van der Waals surface area (Å²) >= 11 is 0. The quantitative estimate of drug-likeness (QED) is 0.640. The molecule has 0 amide bonds. The molecule has 2 aromatic rings. The van der Waals surface area contributed by atoms with Gasteiger partial charge in [0.25, 0.3) is 0 Å². The van der Waals surface area contributed by atoms with Gasteiger partial charge in [0.1, 0.15) is 17.1 Å². The number of aryl methyl sites for hydroxylation is 2. The highest BCUT2D eigenvalue weighted by atomic mass is 16.5. The molecular weight excluding hydrogens is 268 g/mol. The molecule has 0 aliphatic heterocycles. The molecule has 0 saturated heterocycles. The Balaban J connectivity index is 2.26. The molecule has 21 heavy (non-hydrogen) atoms. The Hall–Kier alpha value is -2.62. The van der Waals surface area contributed by atoms with E-state index in [9.17, 15) is 9.59 Å². The predicted molar refractivity (Wildman–Crippen MR) is 78.6 cm³/mol. The van der Waals surface area contributed by atoms with Gasteiger partial charge in [-0.05, 0) is 49.2 Å². The molecule has 0 N–H and O–H groups in total. The molecule has 0 aromatic heterocycles. The molecule has 0 bridgehead atoms. The Kier molecular flexibility index (Phi) is 4.38. The summed E-state index contributed by atoms with van der Waals surface area (Å²) in [6, 6.07) is 12.0. The average Bonchev–Trinajstić information content (AvgIpc) is 2.37. The van der Waals surface area contributed by atoms with E-state index in [1.165, 1.54) is 6.92 Å². The Bertz CT molecular complexity index is 669. The summed E-state index contributed by atoms with van der Waals surface area (Å²) in [5.74, 6) is -0.381. The van der Waals surface area contributed by atoms with Crippen LogP contribution in [0.3, 0.4) is 0 Å². The fourth-order valence-corrected chi connectivity index (χ4v) is 2.03.